The molecular weight excluding hydrogens is 344 g/mol. The summed E-state index contributed by atoms with van der Waals surface area (Å²) in [5.74, 6) is 0. The average Bonchev–Trinajstić information content (AvgIpc) is 2.76. The molecule has 0 saturated carbocycles. The van der Waals surface area contributed by atoms with Gasteiger partial charge in [0.05, 0.1) is 11.4 Å². The van der Waals surface area contributed by atoms with E-state index < -0.39 is 0 Å². The Bertz CT molecular complexity index is 973. The zero-order valence-corrected chi connectivity index (χ0v) is 15.3. The van der Waals surface area contributed by atoms with Crippen LogP contribution in [-0.4, -0.2) is 0 Å². The zero-order chi connectivity index (χ0) is 19.0. The SMILES string of the molecule is c1ccc(Nc2ccccc2N=Nc2ccccc2Nc2ccccc2)cc1. The van der Waals surface area contributed by atoms with Gasteiger partial charge in [0.1, 0.15) is 11.4 Å². The average molecular weight is 364 g/mol. The van der Waals surface area contributed by atoms with E-state index >= 15 is 0 Å². The first-order chi connectivity index (χ1) is 13.9. The fourth-order valence-corrected chi connectivity index (χ4v) is 2.79. The number of azo groups is 1. The van der Waals surface area contributed by atoms with Crippen molar-refractivity contribution in [2.75, 3.05) is 10.6 Å². The van der Waals surface area contributed by atoms with Gasteiger partial charge in [-0.25, -0.2) is 0 Å². The zero-order valence-electron chi connectivity index (χ0n) is 15.3. The molecule has 4 rings (SSSR count). The van der Waals surface area contributed by atoms with E-state index in [9.17, 15) is 0 Å². The molecule has 4 heteroatoms. The number of hydrogen-bond donors (Lipinski definition) is 2. The molecule has 2 N–H and O–H groups in total. The Labute approximate surface area is 164 Å². The Balaban J connectivity index is 1.59. The van der Waals surface area contributed by atoms with Crippen LogP contribution in [0, 0.1) is 0 Å². The van der Waals surface area contributed by atoms with Crippen molar-refractivity contribution in [1.82, 2.24) is 0 Å². The van der Waals surface area contributed by atoms with Crippen molar-refractivity contribution in [2.24, 2.45) is 10.2 Å². The lowest BCUT2D eigenvalue weighted by atomic mass is 10.2. The van der Waals surface area contributed by atoms with Gasteiger partial charge in [-0.3, -0.25) is 0 Å². The Kier molecular flexibility index (Phi) is 5.40. The van der Waals surface area contributed by atoms with Crippen LogP contribution in [0.2, 0.25) is 0 Å². The summed E-state index contributed by atoms with van der Waals surface area (Å²) in [6.07, 6.45) is 0. The number of rotatable bonds is 6. The van der Waals surface area contributed by atoms with Crippen molar-refractivity contribution in [2.45, 2.75) is 0 Å². The van der Waals surface area contributed by atoms with Gasteiger partial charge < -0.3 is 10.6 Å². The van der Waals surface area contributed by atoms with Gasteiger partial charge in [0.15, 0.2) is 0 Å². The molecule has 0 unspecified atom stereocenters. The van der Waals surface area contributed by atoms with E-state index in [2.05, 4.69) is 20.9 Å². The molecule has 0 saturated heterocycles. The van der Waals surface area contributed by atoms with Crippen molar-refractivity contribution < 1.29 is 0 Å². The summed E-state index contributed by atoms with van der Waals surface area (Å²) in [5, 5.41) is 15.8. The summed E-state index contributed by atoms with van der Waals surface area (Å²) in [6.45, 7) is 0. The highest BCUT2D eigenvalue weighted by molar-refractivity contribution is 5.74. The smallest absolute Gasteiger partial charge is 0.109 e. The third kappa shape index (κ3) is 4.43. The number of anilines is 4. The molecule has 0 atom stereocenters. The molecule has 4 aromatic rings. The van der Waals surface area contributed by atoms with Gasteiger partial charge in [0.25, 0.3) is 0 Å². The normalized spacial score (nSPS) is 10.7. The molecule has 0 heterocycles. The minimum Gasteiger partial charge on any atom is -0.354 e. The monoisotopic (exact) mass is 364 g/mol. The molecule has 0 spiro atoms. The van der Waals surface area contributed by atoms with Crippen LogP contribution in [0.15, 0.2) is 119 Å². The molecule has 0 bridgehead atoms. The molecule has 4 nitrogen and oxygen atoms in total. The van der Waals surface area contributed by atoms with Gasteiger partial charge in [-0.15, -0.1) is 10.2 Å². The van der Waals surface area contributed by atoms with Crippen LogP contribution in [0.1, 0.15) is 0 Å². The van der Waals surface area contributed by atoms with Crippen molar-refractivity contribution in [3.8, 4) is 0 Å². The highest BCUT2D eigenvalue weighted by atomic mass is 15.1. The number of nitrogens with one attached hydrogen (secondary N) is 2. The summed E-state index contributed by atoms with van der Waals surface area (Å²) >= 11 is 0. The van der Waals surface area contributed by atoms with Crippen molar-refractivity contribution >= 4 is 34.1 Å². The van der Waals surface area contributed by atoms with E-state index in [-0.39, 0.29) is 0 Å². The molecule has 0 aliphatic heterocycles. The maximum absolute atomic E-state index is 4.50. The highest BCUT2D eigenvalue weighted by Crippen LogP contribution is 2.32. The second-order valence-corrected chi connectivity index (χ2v) is 6.22. The van der Waals surface area contributed by atoms with Gasteiger partial charge in [-0.05, 0) is 48.5 Å². The predicted molar refractivity (Wildman–Crippen MR) is 117 cm³/mol. The summed E-state index contributed by atoms with van der Waals surface area (Å²) in [7, 11) is 0. The summed E-state index contributed by atoms with van der Waals surface area (Å²) in [4.78, 5) is 0. The topological polar surface area (TPSA) is 48.8 Å². The van der Waals surface area contributed by atoms with Crippen LogP contribution in [0.3, 0.4) is 0 Å². The number of para-hydroxylation sites is 4. The lowest BCUT2D eigenvalue weighted by molar-refractivity contribution is 1.23. The minimum atomic E-state index is 0.779. The lowest BCUT2D eigenvalue weighted by Crippen LogP contribution is -1.90. The molecule has 0 aromatic heterocycles. The maximum atomic E-state index is 4.50. The van der Waals surface area contributed by atoms with Crippen molar-refractivity contribution in [3.63, 3.8) is 0 Å². The van der Waals surface area contributed by atoms with Crippen molar-refractivity contribution in [3.05, 3.63) is 109 Å². The third-order valence-corrected chi connectivity index (χ3v) is 4.18. The van der Waals surface area contributed by atoms with Crippen molar-refractivity contribution in [1.29, 1.82) is 0 Å². The summed E-state index contributed by atoms with van der Waals surface area (Å²) in [5.41, 5.74) is 5.39. The van der Waals surface area contributed by atoms with E-state index in [0.717, 1.165) is 34.1 Å². The molecule has 0 aliphatic rings. The molecule has 0 fully saturated rings. The Morgan fingerprint density at radius 3 is 1.18 bits per heavy atom. The Hall–Kier alpha value is -3.92. The minimum absolute atomic E-state index is 0.779. The molecular formula is C24H20N4. The standard InChI is InChI=1S/C24H20N4/c1-3-11-19(12-4-1)25-21-15-7-9-17-23(21)27-28-24-18-10-8-16-22(24)26-20-13-5-2-6-14-20/h1-18,25-26H. The first-order valence-electron chi connectivity index (χ1n) is 9.12. The van der Waals surface area contributed by atoms with Gasteiger partial charge in [-0.2, -0.15) is 0 Å². The van der Waals surface area contributed by atoms with Gasteiger partial charge in [0.2, 0.25) is 0 Å². The fraction of sp³-hybridized carbons (Fsp3) is 0. The first kappa shape index (κ1) is 17.5. The summed E-state index contributed by atoms with van der Waals surface area (Å²) in [6, 6.07) is 35.8. The van der Waals surface area contributed by atoms with Gasteiger partial charge >= 0.3 is 0 Å². The van der Waals surface area contributed by atoms with E-state index in [4.69, 9.17) is 0 Å². The number of benzene rings is 4. The molecule has 136 valence electrons. The number of nitrogens with zero attached hydrogens (tertiary/aromatic N) is 2. The van der Waals surface area contributed by atoms with Crippen LogP contribution >= 0.6 is 0 Å². The molecule has 4 aromatic carbocycles. The Morgan fingerprint density at radius 2 is 0.750 bits per heavy atom. The molecule has 28 heavy (non-hydrogen) atoms. The first-order valence-corrected chi connectivity index (χ1v) is 9.12. The van der Waals surface area contributed by atoms with E-state index in [0.29, 0.717) is 0 Å². The third-order valence-electron chi connectivity index (χ3n) is 4.18. The van der Waals surface area contributed by atoms with Gasteiger partial charge in [-0.1, -0.05) is 60.7 Å². The number of hydrogen-bond acceptors (Lipinski definition) is 4. The van der Waals surface area contributed by atoms with E-state index in [1.807, 2.05) is 109 Å². The van der Waals surface area contributed by atoms with Crippen LogP contribution in [0.25, 0.3) is 0 Å². The van der Waals surface area contributed by atoms with Crippen LogP contribution in [-0.2, 0) is 0 Å². The predicted octanol–water partition coefficient (Wildman–Crippen LogP) is 7.59. The van der Waals surface area contributed by atoms with Gasteiger partial charge in [0, 0.05) is 11.4 Å². The largest absolute Gasteiger partial charge is 0.354 e. The molecule has 0 amide bonds. The second kappa shape index (κ2) is 8.64. The maximum Gasteiger partial charge on any atom is 0.109 e. The molecule has 0 aliphatic carbocycles. The van der Waals surface area contributed by atoms with Crippen LogP contribution in [0.4, 0.5) is 34.1 Å². The highest BCUT2D eigenvalue weighted by Gasteiger charge is 2.04. The van der Waals surface area contributed by atoms with E-state index in [1.54, 1.807) is 0 Å². The second-order valence-electron chi connectivity index (χ2n) is 6.22. The quantitative estimate of drug-likeness (QED) is 0.346. The van der Waals surface area contributed by atoms with Crippen LogP contribution < -0.4 is 10.6 Å². The fourth-order valence-electron chi connectivity index (χ4n) is 2.79. The lowest BCUT2D eigenvalue weighted by Gasteiger charge is -2.10. The summed E-state index contributed by atoms with van der Waals surface area (Å²) < 4.78 is 0. The van der Waals surface area contributed by atoms with Crippen LogP contribution in [0.5, 0.6) is 0 Å². The molecule has 0 radical (unpaired) electrons. The Morgan fingerprint density at radius 1 is 0.393 bits per heavy atom. The van der Waals surface area contributed by atoms with E-state index in [1.165, 1.54) is 0 Å².